The van der Waals surface area contributed by atoms with Gasteiger partial charge in [-0.2, -0.15) is 0 Å². The van der Waals surface area contributed by atoms with E-state index in [1.54, 1.807) is 0 Å². The number of aliphatic hydroxyl groups excluding tert-OH is 1. The highest BCUT2D eigenvalue weighted by atomic mass is 16.3. The highest BCUT2D eigenvalue weighted by molar-refractivity contribution is 4.91. The first-order valence-corrected chi connectivity index (χ1v) is 5.92. The molecule has 0 aromatic rings. The van der Waals surface area contributed by atoms with Crippen molar-refractivity contribution in [1.29, 1.82) is 0 Å². The van der Waals surface area contributed by atoms with Crippen LogP contribution in [0.5, 0.6) is 0 Å². The lowest BCUT2D eigenvalue weighted by Gasteiger charge is -2.49. The average Bonchev–Trinajstić information content (AvgIpc) is 2.09. The number of β-amino-alcohol motifs (C(OH)–C–C–N with tert-alkyl or cyclic N) is 1. The molecule has 1 rings (SSSR count). The van der Waals surface area contributed by atoms with Crippen molar-refractivity contribution in [2.24, 2.45) is 11.3 Å². The molecule has 0 spiro atoms. The van der Waals surface area contributed by atoms with Crippen LogP contribution in [0.4, 0.5) is 0 Å². The van der Waals surface area contributed by atoms with Gasteiger partial charge in [-0.15, -0.1) is 0 Å². The normalized spacial score (nSPS) is 22.1. The Hall–Kier alpha value is -0.0800. The van der Waals surface area contributed by atoms with Gasteiger partial charge in [0.2, 0.25) is 0 Å². The summed E-state index contributed by atoms with van der Waals surface area (Å²) < 4.78 is 0. The predicted molar refractivity (Wildman–Crippen MR) is 60.3 cm³/mol. The van der Waals surface area contributed by atoms with Crippen LogP contribution in [0.1, 0.15) is 40.5 Å². The molecule has 1 saturated heterocycles. The Morgan fingerprint density at radius 3 is 2.21 bits per heavy atom. The lowest BCUT2D eigenvalue weighted by atomic mass is 9.69. The first-order valence-electron chi connectivity index (χ1n) is 5.92. The van der Waals surface area contributed by atoms with Gasteiger partial charge in [0.05, 0.1) is 6.10 Å². The summed E-state index contributed by atoms with van der Waals surface area (Å²) in [6.45, 7) is 12.1. The van der Waals surface area contributed by atoms with Gasteiger partial charge in [0.25, 0.3) is 0 Å². The molecule has 1 N–H and O–H groups in total. The van der Waals surface area contributed by atoms with Crippen molar-refractivity contribution in [2.75, 3.05) is 19.6 Å². The van der Waals surface area contributed by atoms with Gasteiger partial charge in [-0.3, -0.25) is 0 Å². The van der Waals surface area contributed by atoms with Crippen LogP contribution >= 0.6 is 0 Å². The Kier molecular flexibility index (Phi) is 3.96. The molecule has 0 radical (unpaired) electrons. The molecule has 14 heavy (non-hydrogen) atoms. The monoisotopic (exact) mass is 199 g/mol. The Morgan fingerprint density at radius 2 is 1.86 bits per heavy atom. The molecular weight excluding hydrogens is 174 g/mol. The van der Waals surface area contributed by atoms with E-state index in [-0.39, 0.29) is 6.10 Å². The summed E-state index contributed by atoms with van der Waals surface area (Å²) in [7, 11) is 0. The number of hydrogen-bond donors (Lipinski definition) is 1. The molecule has 0 aliphatic carbocycles. The minimum Gasteiger partial charge on any atom is -0.392 e. The fourth-order valence-corrected chi connectivity index (χ4v) is 2.36. The lowest BCUT2D eigenvalue weighted by molar-refractivity contribution is -0.0200. The van der Waals surface area contributed by atoms with Gasteiger partial charge >= 0.3 is 0 Å². The molecule has 1 aliphatic rings. The topological polar surface area (TPSA) is 23.5 Å². The van der Waals surface area contributed by atoms with Crippen LogP contribution in [0.25, 0.3) is 0 Å². The first kappa shape index (κ1) is 12.0. The fraction of sp³-hybridized carbons (Fsp3) is 1.00. The molecule has 2 heteroatoms. The molecule has 0 saturated carbocycles. The molecule has 0 amide bonds. The average molecular weight is 199 g/mol. The van der Waals surface area contributed by atoms with E-state index < -0.39 is 0 Å². The second-order valence-corrected chi connectivity index (χ2v) is 5.13. The van der Waals surface area contributed by atoms with Gasteiger partial charge in [0.15, 0.2) is 0 Å². The van der Waals surface area contributed by atoms with Crippen LogP contribution in [-0.2, 0) is 0 Å². The summed E-state index contributed by atoms with van der Waals surface area (Å²) in [6.07, 6.45) is 2.37. The molecule has 0 aromatic heterocycles. The Labute approximate surface area is 88.3 Å². The third-order valence-corrected chi connectivity index (χ3v) is 4.08. The van der Waals surface area contributed by atoms with Gasteiger partial charge in [0.1, 0.15) is 0 Å². The maximum atomic E-state index is 9.25. The fourth-order valence-electron chi connectivity index (χ4n) is 2.36. The Balaban J connectivity index is 2.32. The van der Waals surface area contributed by atoms with Crippen LogP contribution < -0.4 is 0 Å². The quantitative estimate of drug-likeness (QED) is 0.733. The van der Waals surface area contributed by atoms with E-state index >= 15 is 0 Å². The van der Waals surface area contributed by atoms with Crippen molar-refractivity contribution >= 4 is 0 Å². The number of aliphatic hydroxyl groups is 1. The van der Waals surface area contributed by atoms with Crippen molar-refractivity contribution in [1.82, 2.24) is 4.90 Å². The van der Waals surface area contributed by atoms with Gasteiger partial charge < -0.3 is 10.0 Å². The van der Waals surface area contributed by atoms with Crippen molar-refractivity contribution in [3.05, 3.63) is 0 Å². The number of hydrogen-bond acceptors (Lipinski definition) is 2. The minimum atomic E-state index is -0.176. The van der Waals surface area contributed by atoms with Crippen LogP contribution in [0.15, 0.2) is 0 Å². The van der Waals surface area contributed by atoms with E-state index in [0.717, 1.165) is 12.5 Å². The Morgan fingerprint density at radius 1 is 1.36 bits per heavy atom. The van der Waals surface area contributed by atoms with Crippen LogP contribution in [-0.4, -0.2) is 35.7 Å². The SMILES string of the molecule is CCC(C)(CC)C1CN(C[C@H](C)O)C1. The number of nitrogens with zero attached hydrogens (tertiary/aromatic N) is 1. The molecule has 1 fully saturated rings. The van der Waals surface area contributed by atoms with Gasteiger partial charge in [-0.05, 0) is 18.3 Å². The molecule has 1 heterocycles. The second kappa shape index (κ2) is 4.63. The van der Waals surface area contributed by atoms with E-state index in [2.05, 4.69) is 25.7 Å². The highest BCUT2D eigenvalue weighted by Crippen LogP contribution is 2.39. The zero-order valence-corrected chi connectivity index (χ0v) is 10.1. The summed E-state index contributed by atoms with van der Waals surface area (Å²) in [4.78, 5) is 2.36. The second-order valence-electron chi connectivity index (χ2n) is 5.13. The smallest absolute Gasteiger partial charge is 0.0639 e. The zero-order chi connectivity index (χ0) is 10.8. The summed E-state index contributed by atoms with van der Waals surface area (Å²) >= 11 is 0. The molecule has 84 valence electrons. The summed E-state index contributed by atoms with van der Waals surface area (Å²) in [6, 6.07) is 0. The molecule has 0 bridgehead atoms. The minimum absolute atomic E-state index is 0.176. The lowest BCUT2D eigenvalue weighted by Crippen LogP contribution is -2.55. The summed E-state index contributed by atoms with van der Waals surface area (Å²) in [5.41, 5.74) is 0.523. The standard InChI is InChI=1S/C12H25NO/c1-5-12(4,6-2)11-8-13(9-11)7-10(3)14/h10-11,14H,5-9H2,1-4H3/t10-/m0/s1. The summed E-state index contributed by atoms with van der Waals surface area (Å²) in [5.74, 6) is 0.844. The Bertz CT molecular complexity index is 169. The van der Waals surface area contributed by atoms with Crippen molar-refractivity contribution in [3.8, 4) is 0 Å². The number of likely N-dealkylation sites (tertiary alicyclic amines) is 1. The van der Waals surface area contributed by atoms with Crippen LogP contribution in [0.3, 0.4) is 0 Å². The third-order valence-electron chi connectivity index (χ3n) is 4.08. The molecular formula is C12H25NO. The molecule has 0 aromatic carbocycles. The largest absolute Gasteiger partial charge is 0.392 e. The van der Waals surface area contributed by atoms with Gasteiger partial charge in [-0.25, -0.2) is 0 Å². The van der Waals surface area contributed by atoms with Crippen molar-refractivity contribution < 1.29 is 5.11 Å². The van der Waals surface area contributed by atoms with Gasteiger partial charge in [0, 0.05) is 19.6 Å². The van der Waals surface area contributed by atoms with Gasteiger partial charge in [-0.1, -0.05) is 33.6 Å². The van der Waals surface area contributed by atoms with E-state index in [0.29, 0.717) is 5.41 Å². The molecule has 0 unspecified atom stereocenters. The maximum Gasteiger partial charge on any atom is 0.0639 e. The molecule has 1 atom stereocenters. The zero-order valence-electron chi connectivity index (χ0n) is 10.1. The molecule has 1 aliphatic heterocycles. The molecule has 2 nitrogen and oxygen atoms in total. The van der Waals surface area contributed by atoms with E-state index in [1.165, 1.54) is 25.9 Å². The van der Waals surface area contributed by atoms with Crippen molar-refractivity contribution in [2.45, 2.75) is 46.6 Å². The predicted octanol–water partition coefficient (Wildman–Crippen LogP) is 2.13. The van der Waals surface area contributed by atoms with E-state index in [1.807, 2.05) is 6.92 Å². The third kappa shape index (κ3) is 2.48. The van der Waals surface area contributed by atoms with Crippen LogP contribution in [0.2, 0.25) is 0 Å². The van der Waals surface area contributed by atoms with Crippen LogP contribution in [0, 0.1) is 11.3 Å². The van der Waals surface area contributed by atoms with E-state index in [9.17, 15) is 5.11 Å². The number of rotatable bonds is 5. The first-order chi connectivity index (χ1) is 6.51. The summed E-state index contributed by atoms with van der Waals surface area (Å²) in [5, 5.41) is 9.25. The maximum absolute atomic E-state index is 9.25. The van der Waals surface area contributed by atoms with Crippen molar-refractivity contribution in [3.63, 3.8) is 0 Å². The highest BCUT2D eigenvalue weighted by Gasteiger charge is 2.39. The van der Waals surface area contributed by atoms with E-state index in [4.69, 9.17) is 0 Å².